The summed E-state index contributed by atoms with van der Waals surface area (Å²) in [5, 5.41) is 12.7. The molecule has 1 unspecified atom stereocenters. The molecule has 0 amide bonds. The van der Waals surface area contributed by atoms with E-state index in [4.69, 9.17) is 0 Å². The molecule has 0 heterocycles. The Labute approximate surface area is 92.3 Å². The number of rotatable bonds is 7. The zero-order valence-electron chi connectivity index (χ0n) is 9.87. The maximum absolute atomic E-state index is 10.7. The topological polar surface area (TPSA) is 78.4 Å². The van der Waals surface area contributed by atoms with Gasteiger partial charge in [0.05, 0.1) is 11.9 Å². The van der Waals surface area contributed by atoms with Crippen molar-refractivity contribution in [3.05, 3.63) is 0 Å². The van der Waals surface area contributed by atoms with Crippen LogP contribution in [-0.2, 0) is 10.0 Å². The molecule has 0 aromatic heterocycles. The number of sulfonamides is 1. The van der Waals surface area contributed by atoms with Gasteiger partial charge in [0.15, 0.2) is 0 Å². The summed E-state index contributed by atoms with van der Waals surface area (Å²) in [5.74, 6) is 0. The molecule has 0 aliphatic rings. The number of aliphatic hydroxyl groups is 1. The van der Waals surface area contributed by atoms with Crippen LogP contribution in [-0.4, -0.2) is 44.5 Å². The first-order chi connectivity index (χ1) is 6.63. The molecule has 0 saturated carbocycles. The second-order valence-corrected chi connectivity index (χ2v) is 6.18. The highest BCUT2D eigenvalue weighted by atomic mass is 32.2. The van der Waals surface area contributed by atoms with Gasteiger partial charge in [0.2, 0.25) is 10.0 Å². The van der Waals surface area contributed by atoms with Crippen LogP contribution in [0.2, 0.25) is 0 Å². The fourth-order valence-corrected chi connectivity index (χ4v) is 1.43. The van der Waals surface area contributed by atoms with E-state index in [1.165, 1.54) is 0 Å². The van der Waals surface area contributed by atoms with E-state index in [1.54, 1.807) is 13.8 Å². The lowest BCUT2D eigenvalue weighted by molar-refractivity contribution is 0.0444. The highest BCUT2D eigenvalue weighted by molar-refractivity contribution is 7.88. The van der Waals surface area contributed by atoms with Crippen molar-refractivity contribution >= 4 is 10.0 Å². The molecule has 0 rings (SSSR count). The molecule has 0 fully saturated rings. The maximum atomic E-state index is 10.7. The van der Waals surface area contributed by atoms with Crippen LogP contribution in [0.5, 0.6) is 0 Å². The third-order valence-electron chi connectivity index (χ3n) is 2.23. The molecule has 0 aromatic carbocycles. The predicted octanol–water partition coefficient (Wildman–Crippen LogP) is -0.325. The predicted molar refractivity (Wildman–Crippen MR) is 61.2 cm³/mol. The van der Waals surface area contributed by atoms with E-state index in [2.05, 4.69) is 10.0 Å². The molecule has 92 valence electrons. The number of hydrogen-bond donors (Lipinski definition) is 3. The summed E-state index contributed by atoms with van der Waals surface area (Å²) in [6, 6.07) is -0.0178. The van der Waals surface area contributed by atoms with Gasteiger partial charge in [0.1, 0.15) is 0 Å². The summed E-state index contributed by atoms with van der Waals surface area (Å²) in [5.41, 5.74) is -0.760. The van der Waals surface area contributed by atoms with Crippen molar-refractivity contribution in [2.24, 2.45) is 0 Å². The Kier molecular flexibility index (Phi) is 5.72. The smallest absolute Gasteiger partial charge is 0.208 e. The van der Waals surface area contributed by atoms with Gasteiger partial charge in [0, 0.05) is 12.6 Å². The third kappa shape index (κ3) is 8.80. The van der Waals surface area contributed by atoms with Gasteiger partial charge in [-0.25, -0.2) is 13.1 Å². The van der Waals surface area contributed by atoms with Gasteiger partial charge in [0.25, 0.3) is 0 Å². The Hall–Kier alpha value is -0.170. The van der Waals surface area contributed by atoms with Crippen LogP contribution in [0.4, 0.5) is 0 Å². The van der Waals surface area contributed by atoms with Gasteiger partial charge in [-0.15, -0.1) is 0 Å². The summed E-state index contributed by atoms with van der Waals surface area (Å²) >= 11 is 0. The Morgan fingerprint density at radius 3 is 2.27 bits per heavy atom. The summed E-state index contributed by atoms with van der Waals surface area (Å²) in [4.78, 5) is 0. The zero-order chi connectivity index (χ0) is 12.1. The zero-order valence-corrected chi connectivity index (χ0v) is 10.7. The van der Waals surface area contributed by atoms with Crippen molar-refractivity contribution in [2.75, 3.05) is 19.3 Å². The van der Waals surface area contributed by atoms with Gasteiger partial charge < -0.3 is 10.4 Å². The molecule has 15 heavy (non-hydrogen) atoms. The van der Waals surface area contributed by atoms with Gasteiger partial charge in [-0.05, 0) is 33.7 Å². The van der Waals surface area contributed by atoms with E-state index < -0.39 is 15.6 Å². The van der Waals surface area contributed by atoms with Crippen LogP contribution in [0, 0.1) is 0 Å². The van der Waals surface area contributed by atoms with Crippen LogP contribution in [0.3, 0.4) is 0 Å². The van der Waals surface area contributed by atoms with Crippen LogP contribution < -0.4 is 10.0 Å². The fraction of sp³-hybridized carbons (Fsp3) is 1.00. The minimum Gasteiger partial charge on any atom is -0.389 e. The van der Waals surface area contributed by atoms with Crippen molar-refractivity contribution in [2.45, 2.75) is 38.8 Å². The molecule has 0 bridgehead atoms. The van der Waals surface area contributed by atoms with E-state index >= 15 is 0 Å². The first kappa shape index (κ1) is 14.8. The minimum atomic E-state index is -3.08. The van der Waals surface area contributed by atoms with Crippen LogP contribution in [0.25, 0.3) is 0 Å². The molecule has 1 atom stereocenters. The number of nitrogens with one attached hydrogen (secondary N) is 2. The van der Waals surface area contributed by atoms with Crippen LogP contribution in [0.15, 0.2) is 0 Å². The van der Waals surface area contributed by atoms with Crippen molar-refractivity contribution in [1.82, 2.24) is 10.0 Å². The first-order valence-corrected chi connectivity index (χ1v) is 6.92. The highest BCUT2D eigenvalue weighted by Gasteiger charge is 2.20. The molecule has 0 saturated heterocycles. The lowest BCUT2D eigenvalue weighted by Crippen LogP contribution is -2.45. The Balaban J connectivity index is 3.56. The quantitative estimate of drug-likeness (QED) is 0.531. The Morgan fingerprint density at radius 2 is 1.87 bits per heavy atom. The maximum Gasteiger partial charge on any atom is 0.208 e. The highest BCUT2D eigenvalue weighted by Crippen LogP contribution is 2.06. The van der Waals surface area contributed by atoms with Gasteiger partial charge >= 0.3 is 0 Å². The standard InChI is InChI=1S/C9H22N2O3S/c1-8(9(2,3)12)10-6-5-7-11-15(4,13)14/h8,10-12H,5-7H2,1-4H3. The lowest BCUT2D eigenvalue weighted by Gasteiger charge is -2.26. The molecular formula is C9H22N2O3S. The summed E-state index contributed by atoms with van der Waals surface area (Å²) in [6.07, 6.45) is 1.84. The van der Waals surface area contributed by atoms with E-state index in [1.807, 2.05) is 6.92 Å². The summed E-state index contributed by atoms with van der Waals surface area (Å²) in [6.45, 7) is 6.46. The molecule has 5 nitrogen and oxygen atoms in total. The van der Waals surface area contributed by atoms with Crippen molar-refractivity contribution in [1.29, 1.82) is 0 Å². The molecule has 6 heteroatoms. The SMILES string of the molecule is CC(NCCCNS(C)(=O)=O)C(C)(C)O. The van der Waals surface area contributed by atoms with E-state index in [0.717, 1.165) is 6.26 Å². The van der Waals surface area contributed by atoms with Crippen LogP contribution >= 0.6 is 0 Å². The molecule has 3 N–H and O–H groups in total. The first-order valence-electron chi connectivity index (χ1n) is 5.03. The third-order valence-corrected chi connectivity index (χ3v) is 2.96. The average molecular weight is 238 g/mol. The van der Waals surface area contributed by atoms with Gasteiger partial charge in [-0.2, -0.15) is 0 Å². The van der Waals surface area contributed by atoms with Crippen molar-refractivity contribution < 1.29 is 13.5 Å². The Bertz CT molecular complexity index is 270. The van der Waals surface area contributed by atoms with E-state index in [0.29, 0.717) is 19.5 Å². The normalized spacial score (nSPS) is 15.3. The molecule has 0 aromatic rings. The molecule has 0 aliphatic heterocycles. The lowest BCUT2D eigenvalue weighted by atomic mass is 10.0. The Morgan fingerprint density at radius 1 is 1.33 bits per heavy atom. The van der Waals surface area contributed by atoms with E-state index in [9.17, 15) is 13.5 Å². The molecule has 0 spiro atoms. The van der Waals surface area contributed by atoms with Gasteiger partial charge in [-0.1, -0.05) is 0 Å². The van der Waals surface area contributed by atoms with E-state index in [-0.39, 0.29) is 6.04 Å². The van der Waals surface area contributed by atoms with Crippen molar-refractivity contribution in [3.8, 4) is 0 Å². The largest absolute Gasteiger partial charge is 0.389 e. The molecule has 0 aliphatic carbocycles. The second-order valence-electron chi connectivity index (χ2n) is 4.35. The monoisotopic (exact) mass is 238 g/mol. The number of hydrogen-bond acceptors (Lipinski definition) is 4. The summed E-state index contributed by atoms with van der Waals surface area (Å²) < 4.78 is 23.8. The second kappa shape index (κ2) is 5.79. The van der Waals surface area contributed by atoms with Crippen LogP contribution in [0.1, 0.15) is 27.2 Å². The summed E-state index contributed by atoms with van der Waals surface area (Å²) in [7, 11) is -3.08. The van der Waals surface area contributed by atoms with Crippen molar-refractivity contribution in [3.63, 3.8) is 0 Å². The molecular weight excluding hydrogens is 216 g/mol. The fourth-order valence-electron chi connectivity index (χ4n) is 0.914. The minimum absolute atomic E-state index is 0.0178. The van der Waals surface area contributed by atoms with Gasteiger partial charge in [-0.3, -0.25) is 0 Å². The molecule has 0 radical (unpaired) electrons. The average Bonchev–Trinajstić information content (AvgIpc) is 1.99.